The van der Waals surface area contributed by atoms with Crippen LogP contribution in [-0.4, -0.2) is 65.8 Å². The third-order valence-electron chi connectivity index (χ3n) is 1.75. The molecule has 0 atom stereocenters. The van der Waals surface area contributed by atoms with E-state index in [9.17, 15) is 4.79 Å². The zero-order valence-electron chi connectivity index (χ0n) is 10.9. The Balaban J connectivity index is 3.04. The molecule has 2 N–H and O–H groups in total. The highest BCUT2D eigenvalue weighted by atomic mass is 32.2. The van der Waals surface area contributed by atoms with Gasteiger partial charge in [0.1, 0.15) is 13.2 Å². The number of hydrogen-bond acceptors (Lipinski definition) is 8. The van der Waals surface area contributed by atoms with Crippen molar-refractivity contribution < 1.29 is 29.5 Å². The van der Waals surface area contributed by atoms with Gasteiger partial charge in [-0.3, -0.25) is 4.79 Å². The second-order valence-corrected chi connectivity index (χ2v) is 5.93. The molecule has 0 aliphatic carbocycles. The summed E-state index contributed by atoms with van der Waals surface area (Å²) in [6.07, 6.45) is 1.26. The first kappa shape index (κ1) is 19.0. The Labute approximate surface area is 122 Å². The van der Waals surface area contributed by atoms with Crippen LogP contribution in [0.4, 0.5) is 0 Å². The summed E-state index contributed by atoms with van der Waals surface area (Å²) in [4.78, 5) is 20.5. The van der Waals surface area contributed by atoms with Gasteiger partial charge in [0, 0.05) is 10.8 Å². The second-order valence-electron chi connectivity index (χ2n) is 3.35. The Hall–Kier alpha value is 0.01000. The van der Waals surface area contributed by atoms with Crippen molar-refractivity contribution in [1.29, 1.82) is 0 Å². The van der Waals surface area contributed by atoms with Gasteiger partial charge >= 0.3 is 5.97 Å². The number of esters is 1. The predicted molar refractivity (Wildman–Crippen MR) is 76.1 cm³/mol. The zero-order valence-corrected chi connectivity index (χ0v) is 12.5. The van der Waals surface area contributed by atoms with Crippen LogP contribution < -0.4 is 0 Å². The number of carbonyl (C=O) groups excluding carboxylic acids is 1. The number of aliphatic hydroxyl groups excluding tert-OH is 2. The quantitative estimate of drug-likeness (QED) is 0.159. The number of rotatable bonds is 14. The van der Waals surface area contributed by atoms with Crippen molar-refractivity contribution in [3.05, 3.63) is 0 Å². The SMILES string of the molecule is O=C(CCSCSCCCOOCCO)OCCO. The van der Waals surface area contributed by atoms with Gasteiger partial charge in [-0.05, 0) is 12.2 Å². The summed E-state index contributed by atoms with van der Waals surface area (Å²) < 4.78 is 4.73. The fourth-order valence-corrected chi connectivity index (χ4v) is 2.99. The fourth-order valence-electron chi connectivity index (χ4n) is 0.939. The van der Waals surface area contributed by atoms with Crippen LogP contribution in [0.1, 0.15) is 12.8 Å². The first-order valence-electron chi connectivity index (χ1n) is 6.08. The van der Waals surface area contributed by atoms with Gasteiger partial charge in [0.25, 0.3) is 0 Å². The van der Waals surface area contributed by atoms with E-state index in [2.05, 4.69) is 4.89 Å². The number of hydrogen-bond donors (Lipinski definition) is 2. The minimum Gasteiger partial charge on any atom is -0.463 e. The summed E-state index contributed by atoms with van der Waals surface area (Å²) >= 11 is 3.45. The molecule has 0 rings (SSSR count). The lowest BCUT2D eigenvalue weighted by Crippen LogP contribution is -2.08. The average molecular weight is 314 g/mol. The van der Waals surface area contributed by atoms with E-state index in [0.717, 1.165) is 23.0 Å². The summed E-state index contributed by atoms with van der Waals surface area (Å²) in [5.74, 6) is 1.43. The van der Waals surface area contributed by atoms with Gasteiger partial charge < -0.3 is 14.9 Å². The van der Waals surface area contributed by atoms with Crippen molar-refractivity contribution in [2.75, 3.05) is 49.6 Å². The standard InChI is InChI=1S/C11H22O6S2/c12-3-6-15-11(14)2-9-19-10-18-8-1-5-16-17-7-4-13/h12-13H,1-10H2. The van der Waals surface area contributed by atoms with E-state index in [1.165, 1.54) is 0 Å². The highest BCUT2D eigenvalue weighted by molar-refractivity contribution is 8.15. The maximum absolute atomic E-state index is 11.1. The van der Waals surface area contributed by atoms with Gasteiger partial charge in [-0.1, -0.05) is 0 Å². The van der Waals surface area contributed by atoms with Gasteiger partial charge in [-0.25, -0.2) is 9.78 Å². The number of carbonyl (C=O) groups is 1. The summed E-state index contributed by atoms with van der Waals surface area (Å²) in [6.45, 7) is 0.641. The molecular weight excluding hydrogens is 292 g/mol. The molecule has 0 fully saturated rings. The molecule has 0 saturated heterocycles. The molecule has 8 heteroatoms. The molecule has 0 aliphatic heterocycles. The maximum Gasteiger partial charge on any atom is 0.306 e. The molecule has 6 nitrogen and oxygen atoms in total. The van der Waals surface area contributed by atoms with Crippen LogP contribution in [0.2, 0.25) is 0 Å². The highest BCUT2D eigenvalue weighted by Gasteiger charge is 2.01. The topological polar surface area (TPSA) is 85.2 Å². The summed E-state index contributed by atoms with van der Waals surface area (Å²) in [5.41, 5.74) is 0. The molecule has 0 aromatic heterocycles. The minimum absolute atomic E-state index is 0.0356. The molecule has 0 saturated carbocycles. The van der Waals surface area contributed by atoms with Gasteiger partial charge in [-0.2, -0.15) is 23.5 Å². The van der Waals surface area contributed by atoms with Crippen LogP contribution in [-0.2, 0) is 19.3 Å². The monoisotopic (exact) mass is 314 g/mol. The van der Waals surface area contributed by atoms with Gasteiger partial charge in [0.05, 0.1) is 26.2 Å². The molecule has 114 valence electrons. The molecule has 0 aliphatic rings. The Morgan fingerprint density at radius 3 is 2.37 bits per heavy atom. The van der Waals surface area contributed by atoms with Crippen molar-refractivity contribution in [3.8, 4) is 0 Å². The summed E-state index contributed by atoms with van der Waals surface area (Å²) in [7, 11) is 0. The molecule has 0 heterocycles. The van der Waals surface area contributed by atoms with E-state index in [1.807, 2.05) is 0 Å². The fraction of sp³-hybridized carbons (Fsp3) is 0.909. The van der Waals surface area contributed by atoms with Gasteiger partial charge in [0.15, 0.2) is 0 Å². The van der Waals surface area contributed by atoms with Crippen LogP contribution in [0.15, 0.2) is 0 Å². The molecular formula is C11H22O6S2. The van der Waals surface area contributed by atoms with Crippen molar-refractivity contribution in [2.45, 2.75) is 12.8 Å². The number of ether oxygens (including phenoxy) is 1. The molecule has 0 spiro atoms. The molecule has 0 radical (unpaired) electrons. The lowest BCUT2D eigenvalue weighted by atomic mass is 10.5. The molecule has 0 aromatic carbocycles. The van der Waals surface area contributed by atoms with Crippen LogP contribution in [0.3, 0.4) is 0 Å². The Kier molecular flexibility index (Phi) is 16.1. The molecule has 0 unspecified atom stereocenters. The third kappa shape index (κ3) is 16.0. The van der Waals surface area contributed by atoms with Crippen molar-refractivity contribution in [1.82, 2.24) is 0 Å². The predicted octanol–water partition coefficient (Wildman–Crippen LogP) is 0.666. The Morgan fingerprint density at radius 2 is 1.63 bits per heavy atom. The van der Waals surface area contributed by atoms with Gasteiger partial charge in [-0.15, -0.1) is 0 Å². The van der Waals surface area contributed by atoms with Crippen LogP contribution >= 0.6 is 23.5 Å². The van der Waals surface area contributed by atoms with Crippen LogP contribution in [0.25, 0.3) is 0 Å². The smallest absolute Gasteiger partial charge is 0.306 e. The lowest BCUT2D eigenvalue weighted by Gasteiger charge is -2.04. The van der Waals surface area contributed by atoms with Gasteiger partial charge in [0.2, 0.25) is 0 Å². The second kappa shape index (κ2) is 16.1. The summed E-state index contributed by atoms with van der Waals surface area (Å²) in [6, 6.07) is 0. The van der Waals surface area contributed by atoms with Crippen molar-refractivity contribution in [3.63, 3.8) is 0 Å². The van der Waals surface area contributed by atoms with E-state index < -0.39 is 0 Å². The zero-order chi connectivity index (χ0) is 14.2. The normalized spacial score (nSPS) is 10.6. The lowest BCUT2D eigenvalue weighted by molar-refractivity contribution is -0.297. The largest absolute Gasteiger partial charge is 0.463 e. The molecule has 19 heavy (non-hydrogen) atoms. The third-order valence-corrected chi connectivity index (χ3v) is 4.15. The van der Waals surface area contributed by atoms with Crippen LogP contribution in [0.5, 0.6) is 0 Å². The summed E-state index contributed by atoms with van der Waals surface area (Å²) in [5, 5.41) is 17.8. The first-order chi connectivity index (χ1) is 9.31. The Morgan fingerprint density at radius 1 is 0.947 bits per heavy atom. The highest BCUT2D eigenvalue weighted by Crippen LogP contribution is 2.14. The maximum atomic E-state index is 11.1. The van der Waals surface area contributed by atoms with Crippen LogP contribution in [0, 0.1) is 0 Å². The number of aliphatic hydroxyl groups is 2. The molecule has 0 bridgehead atoms. The van der Waals surface area contributed by atoms with E-state index in [1.54, 1.807) is 23.5 Å². The van der Waals surface area contributed by atoms with E-state index >= 15 is 0 Å². The van der Waals surface area contributed by atoms with Crippen molar-refractivity contribution in [2.24, 2.45) is 0 Å². The average Bonchev–Trinajstić information content (AvgIpc) is 2.42. The van der Waals surface area contributed by atoms with E-state index in [0.29, 0.717) is 13.0 Å². The number of thioether (sulfide) groups is 2. The Bertz CT molecular complexity index is 206. The van der Waals surface area contributed by atoms with E-state index in [-0.39, 0.29) is 32.4 Å². The van der Waals surface area contributed by atoms with E-state index in [4.69, 9.17) is 19.8 Å². The molecule has 0 aromatic rings. The first-order valence-corrected chi connectivity index (χ1v) is 8.39. The van der Waals surface area contributed by atoms with Crippen molar-refractivity contribution >= 4 is 29.5 Å². The molecule has 0 amide bonds. The minimum atomic E-state index is -0.263.